The van der Waals surface area contributed by atoms with E-state index in [0.29, 0.717) is 31.1 Å². The Morgan fingerprint density at radius 1 is 0.588 bits per heavy atom. The van der Waals surface area contributed by atoms with Crippen LogP contribution in [0, 0.1) is 29.1 Å². The van der Waals surface area contributed by atoms with Gasteiger partial charge in [0.05, 0.1) is 27.4 Å². The van der Waals surface area contributed by atoms with Crippen molar-refractivity contribution in [3.8, 4) is 22.6 Å². The van der Waals surface area contributed by atoms with Crippen molar-refractivity contribution in [2.75, 3.05) is 53.9 Å². The molecule has 2 saturated carbocycles. The summed E-state index contributed by atoms with van der Waals surface area (Å²) < 4.78 is 43.7. The molecule has 0 radical (unpaired) electrons. The van der Waals surface area contributed by atoms with Crippen LogP contribution in [0.25, 0.3) is 11.1 Å². The highest BCUT2D eigenvalue weighted by Crippen LogP contribution is 2.42. The summed E-state index contributed by atoms with van der Waals surface area (Å²) in [7, 11) is 2.24. The van der Waals surface area contributed by atoms with E-state index in [-0.39, 0.29) is 24.4 Å². The number of esters is 6. The molecule has 374 valence electrons. The average Bonchev–Trinajstić information content (AvgIpc) is 3.34. The highest BCUT2D eigenvalue weighted by Gasteiger charge is 2.38. The fourth-order valence-electron chi connectivity index (χ4n) is 8.83. The fourth-order valence-corrected chi connectivity index (χ4v) is 8.83. The van der Waals surface area contributed by atoms with E-state index in [1.165, 1.54) is 84.0 Å². The van der Waals surface area contributed by atoms with Gasteiger partial charge < -0.3 is 37.9 Å². The molecule has 14 nitrogen and oxygen atoms in total. The minimum Gasteiger partial charge on any atom is -0.493 e. The largest absolute Gasteiger partial charge is 0.493 e. The minimum absolute atomic E-state index is 0.0767. The summed E-state index contributed by atoms with van der Waals surface area (Å²) in [4.78, 5) is 73.9. The number of unbranched alkanes of at least 4 members (excludes halogenated alkanes) is 2. The molecule has 2 aliphatic rings. The maximum absolute atomic E-state index is 12.7. The van der Waals surface area contributed by atoms with Gasteiger partial charge in [0.2, 0.25) is 0 Å². The first kappa shape index (κ1) is 54.9. The van der Waals surface area contributed by atoms with Gasteiger partial charge in [-0.3, -0.25) is 19.2 Å². The third-order valence-electron chi connectivity index (χ3n) is 13.1. The molecule has 2 aromatic rings. The van der Waals surface area contributed by atoms with Crippen LogP contribution in [0.5, 0.6) is 11.5 Å². The van der Waals surface area contributed by atoms with E-state index in [1.54, 1.807) is 13.0 Å². The first-order valence-electron chi connectivity index (χ1n) is 24.2. The van der Waals surface area contributed by atoms with Gasteiger partial charge in [0.1, 0.15) is 56.2 Å². The number of aryl methyl sites for hydroxylation is 1. The predicted molar refractivity (Wildman–Crippen MR) is 255 cm³/mol. The van der Waals surface area contributed by atoms with Crippen molar-refractivity contribution in [1.29, 1.82) is 0 Å². The Morgan fingerprint density at radius 2 is 1.12 bits per heavy atom. The zero-order valence-electron chi connectivity index (χ0n) is 41.0. The number of methoxy groups -OCH3 is 2. The summed E-state index contributed by atoms with van der Waals surface area (Å²) in [5, 5.41) is 0. The van der Waals surface area contributed by atoms with E-state index < -0.39 is 73.9 Å². The van der Waals surface area contributed by atoms with Crippen molar-refractivity contribution >= 4 is 35.8 Å². The second kappa shape index (κ2) is 28.6. The van der Waals surface area contributed by atoms with Crippen LogP contribution in [-0.4, -0.2) is 89.7 Å². The van der Waals surface area contributed by atoms with Gasteiger partial charge in [-0.15, -0.1) is 0 Å². The first-order valence-corrected chi connectivity index (χ1v) is 24.2. The summed E-state index contributed by atoms with van der Waals surface area (Å²) in [5.41, 5.74) is 1.32. The molecule has 0 heterocycles. The topological polar surface area (TPSA) is 176 Å². The Kier molecular flexibility index (Phi) is 23.1. The molecule has 4 rings (SSSR count). The fraction of sp³-hybridized carbons (Fsp3) is 0.593. The van der Waals surface area contributed by atoms with Crippen LogP contribution in [0.2, 0.25) is 0 Å². The van der Waals surface area contributed by atoms with Crippen molar-refractivity contribution in [2.24, 2.45) is 29.1 Å². The Labute approximate surface area is 402 Å². The zero-order chi connectivity index (χ0) is 49.5. The normalized spacial score (nSPS) is 18.0. The minimum atomic E-state index is -1.56. The number of hydrogen-bond acceptors (Lipinski definition) is 14. The second-order valence-corrected chi connectivity index (χ2v) is 18.7. The van der Waals surface area contributed by atoms with Gasteiger partial charge in [0, 0.05) is 11.1 Å². The van der Waals surface area contributed by atoms with Gasteiger partial charge in [0.25, 0.3) is 0 Å². The van der Waals surface area contributed by atoms with Crippen LogP contribution in [-0.2, 0) is 63.6 Å². The van der Waals surface area contributed by atoms with E-state index in [4.69, 9.17) is 28.4 Å². The van der Waals surface area contributed by atoms with Crippen molar-refractivity contribution in [2.45, 2.75) is 124 Å². The van der Waals surface area contributed by atoms with Crippen LogP contribution in [0.15, 0.2) is 66.8 Å². The third-order valence-corrected chi connectivity index (χ3v) is 13.1. The van der Waals surface area contributed by atoms with Crippen LogP contribution < -0.4 is 9.47 Å². The van der Waals surface area contributed by atoms with Crippen molar-refractivity contribution in [3.63, 3.8) is 0 Å². The molecule has 0 N–H and O–H groups in total. The Bertz CT molecular complexity index is 1950. The lowest BCUT2D eigenvalue weighted by Gasteiger charge is -2.38. The lowest BCUT2D eigenvalue weighted by molar-refractivity contribution is -0.165. The number of carbonyl (C=O) groups is 6. The van der Waals surface area contributed by atoms with Gasteiger partial charge >= 0.3 is 35.8 Å². The molecule has 0 saturated heterocycles. The quantitative estimate of drug-likeness (QED) is 0.0259. The van der Waals surface area contributed by atoms with Crippen LogP contribution in [0.1, 0.15) is 123 Å². The lowest BCUT2D eigenvalue weighted by atomic mass is 9.69. The predicted octanol–water partition coefficient (Wildman–Crippen LogP) is 9.67. The molecule has 0 spiro atoms. The Hall–Kier alpha value is -5.66. The molecule has 0 bridgehead atoms. The standard InChI is InChI=1S/C54H74O14/c1-8-9-10-12-39-14-18-41(19-15-39)42-20-16-40(17-21-42)32-64-46-25-22-43(23-26-46)44-24-27-47(45(29-44)13-11-28-63-52(59)37(2)3)65-33-54(36-68-53(60)38(4)5,34-66-50(57)30-48(55)61-6)35-67-51(58)31-49(56)62-7/h22-27,29,39-42H,2,4,8-21,28,30-36H2,1,3,5-7H3. The highest BCUT2D eigenvalue weighted by atomic mass is 16.6. The van der Waals surface area contributed by atoms with E-state index in [2.05, 4.69) is 29.6 Å². The van der Waals surface area contributed by atoms with Crippen LogP contribution in [0.4, 0.5) is 0 Å². The lowest BCUT2D eigenvalue weighted by Crippen LogP contribution is -2.44. The summed E-state index contributed by atoms with van der Waals surface area (Å²) in [5.74, 6) is -0.432. The second-order valence-electron chi connectivity index (χ2n) is 18.7. The number of carbonyl (C=O) groups excluding carboxylic acids is 6. The van der Waals surface area contributed by atoms with Crippen molar-refractivity contribution in [3.05, 3.63) is 72.3 Å². The molecule has 0 aromatic heterocycles. The summed E-state index contributed by atoms with van der Waals surface area (Å²) in [6, 6.07) is 13.6. The van der Waals surface area contributed by atoms with Crippen LogP contribution in [0.3, 0.4) is 0 Å². The zero-order valence-corrected chi connectivity index (χ0v) is 41.0. The molecule has 2 aromatic carbocycles. The number of rotatable bonds is 28. The molecule has 14 heteroatoms. The molecular weight excluding hydrogens is 873 g/mol. The van der Waals surface area contributed by atoms with E-state index in [1.807, 2.05) is 36.4 Å². The van der Waals surface area contributed by atoms with E-state index >= 15 is 0 Å². The van der Waals surface area contributed by atoms with Gasteiger partial charge in [-0.2, -0.15) is 0 Å². The van der Waals surface area contributed by atoms with E-state index in [0.717, 1.165) is 54.4 Å². The molecule has 0 amide bonds. The molecule has 0 unspecified atom stereocenters. The van der Waals surface area contributed by atoms with Crippen LogP contribution >= 0.6 is 0 Å². The molecule has 68 heavy (non-hydrogen) atoms. The maximum Gasteiger partial charge on any atom is 0.333 e. The van der Waals surface area contributed by atoms with Crippen molar-refractivity contribution < 1.29 is 66.7 Å². The summed E-state index contributed by atoms with van der Waals surface area (Å²) in [6.45, 7) is 11.4. The molecular formula is C54H74O14. The first-order chi connectivity index (χ1) is 32.6. The van der Waals surface area contributed by atoms with Gasteiger partial charge in [-0.05, 0) is 130 Å². The van der Waals surface area contributed by atoms with Gasteiger partial charge in [-0.1, -0.05) is 76.8 Å². The molecule has 0 atom stereocenters. The molecule has 0 aliphatic heterocycles. The van der Waals surface area contributed by atoms with Gasteiger partial charge in [0.15, 0.2) is 0 Å². The SMILES string of the molecule is C=C(C)C(=O)OCCCc1cc(-c2ccc(OCC3CCC(C4CCC(CCCCC)CC4)CC3)cc2)ccc1OCC(COC(=O)CC(=O)OC)(COC(=O)CC(=O)OC)COC(=O)C(=C)C. The van der Waals surface area contributed by atoms with E-state index in [9.17, 15) is 28.8 Å². The Morgan fingerprint density at radius 3 is 1.66 bits per heavy atom. The van der Waals surface area contributed by atoms with Crippen molar-refractivity contribution in [1.82, 2.24) is 0 Å². The summed E-state index contributed by atoms with van der Waals surface area (Å²) in [6.07, 6.45) is 15.5. The highest BCUT2D eigenvalue weighted by molar-refractivity contribution is 5.91. The molecule has 2 fully saturated rings. The number of hydrogen-bond donors (Lipinski definition) is 0. The third kappa shape index (κ3) is 18.8. The average molecular weight is 947 g/mol. The monoisotopic (exact) mass is 947 g/mol. The molecule has 2 aliphatic carbocycles. The maximum atomic E-state index is 12.7. The number of benzene rings is 2. The smallest absolute Gasteiger partial charge is 0.333 e. The Balaban J connectivity index is 1.48. The van der Waals surface area contributed by atoms with Gasteiger partial charge in [-0.25, -0.2) is 9.59 Å². The summed E-state index contributed by atoms with van der Waals surface area (Å²) >= 11 is 0. The number of ether oxygens (including phenoxy) is 8.